The summed E-state index contributed by atoms with van der Waals surface area (Å²) in [5.74, 6) is -0.142. The van der Waals surface area contributed by atoms with E-state index in [1.54, 1.807) is 11.7 Å². The Hall–Kier alpha value is -2.26. The zero-order chi connectivity index (χ0) is 24.2. The minimum absolute atomic E-state index is 0.0598. The maximum atomic E-state index is 13.2. The summed E-state index contributed by atoms with van der Waals surface area (Å²) in [6.45, 7) is 7.67. The van der Waals surface area contributed by atoms with Gasteiger partial charge in [0.1, 0.15) is 5.82 Å². The fourth-order valence-electron chi connectivity index (χ4n) is 3.68. The smallest absolute Gasteiger partial charge is 0.228 e. The molecular formula is C24H34FN3O4S. The molecule has 1 aliphatic carbocycles. The van der Waals surface area contributed by atoms with Crippen molar-refractivity contribution in [1.82, 2.24) is 14.5 Å². The molecule has 0 unspecified atom stereocenters. The van der Waals surface area contributed by atoms with E-state index in [-0.39, 0.29) is 22.2 Å². The average Bonchev–Trinajstić information content (AvgIpc) is 3.44. The molecule has 1 aromatic carbocycles. The molecule has 9 heteroatoms. The number of hydrogen-bond acceptors (Lipinski definition) is 5. The van der Waals surface area contributed by atoms with Gasteiger partial charge in [-0.25, -0.2) is 17.8 Å². The second-order valence-electron chi connectivity index (χ2n) is 10.0. The van der Waals surface area contributed by atoms with Crippen molar-refractivity contribution in [2.24, 2.45) is 11.3 Å². The van der Waals surface area contributed by atoms with Crippen LogP contribution in [0.25, 0.3) is 0 Å². The van der Waals surface area contributed by atoms with E-state index < -0.39 is 15.7 Å². The molecular weight excluding hydrogens is 445 g/mol. The number of carbonyl (C=O) groups excluding carboxylic acids is 1. The summed E-state index contributed by atoms with van der Waals surface area (Å²) in [4.78, 5) is 19.1. The predicted molar refractivity (Wildman–Crippen MR) is 124 cm³/mol. The molecule has 0 aliphatic heterocycles. The Labute approximate surface area is 195 Å². The number of nitrogens with zero attached hydrogens (tertiary/aromatic N) is 3. The van der Waals surface area contributed by atoms with E-state index >= 15 is 0 Å². The van der Waals surface area contributed by atoms with Gasteiger partial charge in [-0.05, 0) is 41.9 Å². The molecule has 0 saturated heterocycles. The number of rotatable bonds is 11. The van der Waals surface area contributed by atoms with E-state index in [0.29, 0.717) is 49.8 Å². The molecule has 182 valence electrons. The van der Waals surface area contributed by atoms with E-state index in [2.05, 4.69) is 4.98 Å². The zero-order valence-electron chi connectivity index (χ0n) is 19.9. The van der Waals surface area contributed by atoms with Crippen LogP contribution in [0.15, 0.2) is 35.6 Å². The third-order valence-corrected chi connectivity index (χ3v) is 7.13. The molecule has 0 N–H and O–H groups in total. The SMILES string of the molecule is COCCn1c(CN(CC2CC2)C(=O)CC(C)(C)C)cnc1S(=O)(=O)Cc1ccc(F)cc1. The number of imidazole rings is 1. The summed E-state index contributed by atoms with van der Waals surface area (Å²) >= 11 is 0. The number of carbonyl (C=O) groups is 1. The monoisotopic (exact) mass is 479 g/mol. The number of hydrogen-bond donors (Lipinski definition) is 0. The average molecular weight is 480 g/mol. The van der Waals surface area contributed by atoms with Crippen LogP contribution in [0.4, 0.5) is 4.39 Å². The number of methoxy groups -OCH3 is 1. The molecule has 0 radical (unpaired) electrons. The van der Waals surface area contributed by atoms with Gasteiger partial charge in [-0.2, -0.15) is 0 Å². The normalized spacial score (nSPS) is 14.5. The van der Waals surface area contributed by atoms with Gasteiger partial charge in [0.05, 0.1) is 30.8 Å². The van der Waals surface area contributed by atoms with Gasteiger partial charge in [-0.1, -0.05) is 32.9 Å². The van der Waals surface area contributed by atoms with Crippen LogP contribution in [0.5, 0.6) is 0 Å². The lowest BCUT2D eigenvalue weighted by Gasteiger charge is -2.27. The van der Waals surface area contributed by atoms with Gasteiger partial charge in [0.2, 0.25) is 20.9 Å². The van der Waals surface area contributed by atoms with Crippen molar-refractivity contribution in [3.05, 3.63) is 47.5 Å². The molecule has 0 spiro atoms. The van der Waals surface area contributed by atoms with Crippen molar-refractivity contribution in [1.29, 1.82) is 0 Å². The minimum Gasteiger partial charge on any atom is -0.383 e. The first-order chi connectivity index (χ1) is 15.5. The lowest BCUT2D eigenvalue weighted by molar-refractivity contribution is -0.134. The van der Waals surface area contributed by atoms with E-state index in [1.165, 1.54) is 30.5 Å². The van der Waals surface area contributed by atoms with Gasteiger partial charge >= 0.3 is 0 Å². The molecule has 1 saturated carbocycles. The molecule has 0 bridgehead atoms. The zero-order valence-corrected chi connectivity index (χ0v) is 20.7. The van der Waals surface area contributed by atoms with E-state index in [0.717, 1.165) is 12.8 Å². The first kappa shape index (κ1) is 25.4. The summed E-state index contributed by atoms with van der Waals surface area (Å²) in [6.07, 6.45) is 4.18. The van der Waals surface area contributed by atoms with E-state index in [4.69, 9.17) is 4.74 Å². The van der Waals surface area contributed by atoms with Crippen LogP contribution in [-0.2, 0) is 38.2 Å². The van der Waals surface area contributed by atoms with Crippen LogP contribution in [0.1, 0.15) is 51.3 Å². The third kappa shape index (κ3) is 7.37. The van der Waals surface area contributed by atoms with Crippen LogP contribution in [0.3, 0.4) is 0 Å². The highest BCUT2D eigenvalue weighted by atomic mass is 32.2. The predicted octanol–water partition coefficient (Wildman–Crippen LogP) is 3.82. The quantitative estimate of drug-likeness (QED) is 0.489. The van der Waals surface area contributed by atoms with E-state index in [1.807, 2.05) is 25.7 Å². The number of aromatic nitrogens is 2. The van der Waals surface area contributed by atoms with Crippen molar-refractivity contribution in [3.63, 3.8) is 0 Å². The Kier molecular flexibility index (Phi) is 7.95. The Morgan fingerprint density at radius 3 is 2.48 bits per heavy atom. The van der Waals surface area contributed by atoms with Crippen LogP contribution in [0.2, 0.25) is 0 Å². The topological polar surface area (TPSA) is 81.5 Å². The van der Waals surface area contributed by atoms with Gasteiger partial charge in [0.15, 0.2) is 0 Å². The molecule has 1 amide bonds. The molecule has 1 aliphatic rings. The van der Waals surface area contributed by atoms with Crippen LogP contribution in [0, 0.1) is 17.2 Å². The van der Waals surface area contributed by atoms with Gasteiger partial charge < -0.3 is 14.2 Å². The number of halogens is 1. The lowest BCUT2D eigenvalue weighted by atomic mass is 9.91. The highest BCUT2D eigenvalue weighted by Crippen LogP contribution is 2.31. The summed E-state index contributed by atoms with van der Waals surface area (Å²) < 4.78 is 46.4. The fraction of sp³-hybridized carbons (Fsp3) is 0.583. The summed E-state index contributed by atoms with van der Waals surface area (Å²) in [5.41, 5.74) is 1.00. The first-order valence-corrected chi connectivity index (χ1v) is 12.9. The Balaban J connectivity index is 1.88. The molecule has 33 heavy (non-hydrogen) atoms. The van der Waals surface area contributed by atoms with Gasteiger partial charge in [-0.3, -0.25) is 4.79 Å². The lowest BCUT2D eigenvalue weighted by Crippen LogP contribution is -2.35. The Bertz CT molecular complexity index is 1050. The van der Waals surface area contributed by atoms with Crippen molar-refractivity contribution in [3.8, 4) is 0 Å². The summed E-state index contributed by atoms with van der Waals surface area (Å²) in [6, 6.07) is 5.39. The summed E-state index contributed by atoms with van der Waals surface area (Å²) in [7, 11) is -2.24. The van der Waals surface area contributed by atoms with Gasteiger partial charge in [0.25, 0.3) is 0 Å². The fourth-order valence-corrected chi connectivity index (χ4v) is 5.20. The summed E-state index contributed by atoms with van der Waals surface area (Å²) in [5, 5.41) is -0.0616. The van der Waals surface area contributed by atoms with Crippen LogP contribution < -0.4 is 0 Å². The van der Waals surface area contributed by atoms with Crippen LogP contribution in [-0.4, -0.2) is 49.0 Å². The third-order valence-electron chi connectivity index (χ3n) is 5.53. The molecule has 0 atom stereocenters. The second-order valence-corrected chi connectivity index (χ2v) is 11.9. The number of amides is 1. The highest BCUT2D eigenvalue weighted by molar-refractivity contribution is 7.90. The molecule has 7 nitrogen and oxygen atoms in total. The Morgan fingerprint density at radius 1 is 1.24 bits per heavy atom. The van der Waals surface area contributed by atoms with Gasteiger partial charge in [0, 0.05) is 26.6 Å². The van der Waals surface area contributed by atoms with Crippen molar-refractivity contribution in [2.45, 2.75) is 64.0 Å². The molecule has 3 rings (SSSR count). The van der Waals surface area contributed by atoms with Crippen molar-refractivity contribution in [2.75, 3.05) is 20.3 Å². The van der Waals surface area contributed by atoms with Crippen molar-refractivity contribution < 1.29 is 22.3 Å². The molecule has 1 fully saturated rings. The maximum Gasteiger partial charge on any atom is 0.228 e. The number of ether oxygens (including phenoxy) is 1. The highest BCUT2D eigenvalue weighted by Gasteiger charge is 2.30. The standard InChI is InChI=1S/C24H34FN3O4S/c1-24(2,3)13-22(29)27(15-18-5-6-18)16-21-14-26-23(28(21)11-12-32-4)33(30,31)17-19-7-9-20(25)10-8-19/h7-10,14,18H,5-6,11-13,15-17H2,1-4H3. The van der Waals surface area contributed by atoms with E-state index in [9.17, 15) is 17.6 Å². The minimum atomic E-state index is -3.79. The second kappa shape index (κ2) is 10.3. The van der Waals surface area contributed by atoms with Crippen molar-refractivity contribution >= 4 is 15.7 Å². The van der Waals surface area contributed by atoms with Crippen LogP contribution >= 0.6 is 0 Å². The molecule has 2 aromatic rings. The van der Waals surface area contributed by atoms with Gasteiger partial charge in [-0.15, -0.1) is 0 Å². The molecule has 1 heterocycles. The first-order valence-electron chi connectivity index (χ1n) is 11.3. The largest absolute Gasteiger partial charge is 0.383 e. The number of sulfone groups is 1. The number of benzene rings is 1. The Morgan fingerprint density at radius 2 is 1.91 bits per heavy atom. The maximum absolute atomic E-state index is 13.2. The molecule has 1 aromatic heterocycles.